The number of amides is 1. The summed E-state index contributed by atoms with van der Waals surface area (Å²) in [6.07, 6.45) is 0. The van der Waals surface area contributed by atoms with Crippen molar-refractivity contribution in [3.8, 4) is 11.3 Å². The normalized spacial score (nSPS) is 10.5. The topological polar surface area (TPSA) is 42.2 Å². The largest absolute Gasteiger partial charge is 0.451 e. The van der Waals surface area contributed by atoms with E-state index in [2.05, 4.69) is 21.2 Å². The van der Waals surface area contributed by atoms with Crippen molar-refractivity contribution in [2.24, 2.45) is 0 Å². The van der Waals surface area contributed by atoms with Crippen LogP contribution in [-0.4, -0.2) is 5.91 Å². The second-order valence-corrected chi connectivity index (χ2v) is 5.55. The molecule has 0 unspecified atom stereocenters. The van der Waals surface area contributed by atoms with E-state index >= 15 is 0 Å². The van der Waals surface area contributed by atoms with Crippen molar-refractivity contribution in [2.45, 2.75) is 0 Å². The molecule has 0 aliphatic heterocycles. The smallest absolute Gasteiger partial charge is 0.291 e. The lowest BCUT2D eigenvalue weighted by Gasteiger charge is -2.03. The molecule has 0 aliphatic carbocycles. The highest BCUT2D eigenvalue weighted by atomic mass is 79.9. The van der Waals surface area contributed by atoms with Crippen molar-refractivity contribution in [1.82, 2.24) is 0 Å². The molecule has 1 N–H and O–H groups in total. The van der Waals surface area contributed by atoms with E-state index in [0.29, 0.717) is 17.0 Å². The van der Waals surface area contributed by atoms with E-state index in [-0.39, 0.29) is 17.5 Å². The maximum atomic E-state index is 12.9. The van der Waals surface area contributed by atoms with E-state index in [1.165, 1.54) is 12.1 Å². The van der Waals surface area contributed by atoms with Crippen LogP contribution in [0.3, 0.4) is 0 Å². The summed E-state index contributed by atoms with van der Waals surface area (Å²) in [5, 5.41) is 2.75. The van der Waals surface area contributed by atoms with Gasteiger partial charge in [-0.2, -0.15) is 0 Å². The van der Waals surface area contributed by atoms with Crippen LogP contribution < -0.4 is 5.32 Å². The van der Waals surface area contributed by atoms with E-state index in [9.17, 15) is 9.18 Å². The minimum atomic E-state index is -0.337. The summed E-state index contributed by atoms with van der Waals surface area (Å²) in [5.41, 5.74) is 1.39. The van der Waals surface area contributed by atoms with Crippen LogP contribution in [0.15, 0.2) is 69.6 Å². The highest BCUT2D eigenvalue weighted by Crippen LogP contribution is 2.23. The lowest BCUT2D eigenvalue weighted by atomic mass is 10.2. The van der Waals surface area contributed by atoms with Gasteiger partial charge in [-0.05, 0) is 60.7 Å². The summed E-state index contributed by atoms with van der Waals surface area (Å²) >= 11 is 3.33. The first-order valence-corrected chi connectivity index (χ1v) is 7.34. The Balaban J connectivity index is 1.76. The molecule has 3 aromatic rings. The summed E-state index contributed by atoms with van der Waals surface area (Å²) < 4.78 is 19.4. The van der Waals surface area contributed by atoms with Gasteiger partial charge in [-0.1, -0.05) is 15.9 Å². The SMILES string of the molecule is O=C(Nc1ccc(Br)cc1)c1ccc(-c2ccc(F)cc2)o1. The number of carbonyl (C=O) groups excluding carboxylic acids is 1. The summed E-state index contributed by atoms with van der Waals surface area (Å²) in [6, 6.07) is 16.4. The number of hydrogen-bond donors (Lipinski definition) is 1. The van der Waals surface area contributed by atoms with E-state index in [1.807, 2.05) is 12.1 Å². The van der Waals surface area contributed by atoms with Gasteiger partial charge in [0.25, 0.3) is 5.91 Å². The minimum absolute atomic E-state index is 0.197. The van der Waals surface area contributed by atoms with E-state index < -0.39 is 0 Å². The Morgan fingerprint density at radius 1 is 0.955 bits per heavy atom. The maximum absolute atomic E-state index is 12.9. The highest BCUT2D eigenvalue weighted by Gasteiger charge is 2.12. The Hall–Kier alpha value is -2.40. The van der Waals surface area contributed by atoms with Crippen LogP contribution in [0.2, 0.25) is 0 Å². The van der Waals surface area contributed by atoms with Gasteiger partial charge in [-0.25, -0.2) is 4.39 Å². The molecular formula is C17H11BrFNO2. The number of benzene rings is 2. The van der Waals surface area contributed by atoms with Crippen molar-refractivity contribution in [3.63, 3.8) is 0 Å². The van der Waals surface area contributed by atoms with Crippen LogP contribution in [0.5, 0.6) is 0 Å². The fourth-order valence-corrected chi connectivity index (χ4v) is 2.22. The molecule has 5 heteroatoms. The molecule has 0 aliphatic rings. The van der Waals surface area contributed by atoms with Crippen molar-refractivity contribution >= 4 is 27.5 Å². The van der Waals surface area contributed by atoms with Crippen LogP contribution in [0.25, 0.3) is 11.3 Å². The molecule has 0 spiro atoms. The molecule has 3 rings (SSSR count). The molecule has 1 amide bonds. The van der Waals surface area contributed by atoms with Crippen LogP contribution >= 0.6 is 15.9 Å². The predicted octanol–water partition coefficient (Wildman–Crippen LogP) is 5.10. The number of hydrogen-bond acceptors (Lipinski definition) is 2. The third-order valence-corrected chi connectivity index (χ3v) is 3.59. The number of furan rings is 1. The summed E-state index contributed by atoms with van der Waals surface area (Å²) in [5.74, 6) is 0.0578. The highest BCUT2D eigenvalue weighted by molar-refractivity contribution is 9.10. The van der Waals surface area contributed by atoms with Crippen LogP contribution in [0.4, 0.5) is 10.1 Å². The molecule has 0 bridgehead atoms. The van der Waals surface area contributed by atoms with E-state index in [1.54, 1.807) is 36.4 Å². The number of nitrogens with one attached hydrogen (secondary N) is 1. The standard InChI is InChI=1S/C17H11BrFNO2/c18-12-3-7-14(8-4-12)20-17(21)16-10-9-15(22-16)11-1-5-13(19)6-2-11/h1-10H,(H,20,21). The quantitative estimate of drug-likeness (QED) is 0.706. The molecule has 110 valence electrons. The number of carbonyl (C=O) groups is 1. The Kier molecular flexibility index (Phi) is 4.06. The molecule has 1 aromatic heterocycles. The maximum Gasteiger partial charge on any atom is 0.291 e. The summed E-state index contributed by atoms with van der Waals surface area (Å²) in [6.45, 7) is 0. The van der Waals surface area contributed by atoms with Crippen molar-refractivity contribution in [3.05, 3.63) is 76.7 Å². The third-order valence-electron chi connectivity index (χ3n) is 3.06. The summed E-state index contributed by atoms with van der Waals surface area (Å²) in [4.78, 5) is 12.1. The van der Waals surface area contributed by atoms with Gasteiger partial charge in [0.2, 0.25) is 0 Å². The lowest BCUT2D eigenvalue weighted by Crippen LogP contribution is -2.10. The van der Waals surface area contributed by atoms with Crippen LogP contribution in [0, 0.1) is 5.82 Å². The molecular weight excluding hydrogens is 349 g/mol. The Bertz CT molecular complexity index is 794. The Labute approximate surface area is 134 Å². The van der Waals surface area contributed by atoms with Crippen LogP contribution in [0.1, 0.15) is 10.6 Å². The second-order valence-electron chi connectivity index (χ2n) is 4.63. The van der Waals surface area contributed by atoms with Crippen molar-refractivity contribution in [1.29, 1.82) is 0 Å². The number of halogens is 2. The number of rotatable bonds is 3. The fraction of sp³-hybridized carbons (Fsp3) is 0. The van der Waals surface area contributed by atoms with Crippen molar-refractivity contribution in [2.75, 3.05) is 5.32 Å². The number of anilines is 1. The first-order valence-electron chi connectivity index (χ1n) is 6.54. The van der Waals surface area contributed by atoms with Gasteiger partial charge in [0.05, 0.1) is 0 Å². The van der Waals surface area contributed by atoms with E-state index in [0.717, 1.165) is 4.47 Å². The zero-order valence-electron chi connectivity index (χ0n) is 11.3. The molecule has 2 aromatic carbocycles. The van der Waals surface area contributed by atoms with Gasteiger partial charge in [-0.15, -0.1) is 0 Å². The van der Waals surface area contributed by atoms with Gasteiger partial charge in [0.15, 0.2) is 5.76 Å². The van der Waals surface area contributed by atoms with Crippen LogP contribution in [-0.2, 0) is 0 Å². The zero-order chi connectivity index (χ0) is 15.5. The summed E-state index contributed by atoms with van der Waals surface area (Å²) in [7, 11) is 0. The molecule has 0 atom stereocenters. The molecule has 0 radical (unpaired) electrons. The molecule has 0 saturated carbocycles. The van der Waals surface area contributed by atoms with Gasteiger partial charge >= 0.3 is 0 Å². The van der Waals surface area contributed by atoms with Gasteiger partial charge in [-0.3, -0.25) is 4.79 Å². The first kappa shape index (κ1) is 14.5. The Morgan fingerprint density at radius 3 is 2.32 bits per heavy atom. The fourth-order valence-electron chi connectivity index (χ4n) is 1.96. The molecule has 3 nitrogen and oxygen atoms in total. The predicted molar refractivity (Wildman–Crippen MR) is 86.2 cm³/mol. The lowest BCUT2D eigenvalue weighted by molar-refractivity contribution is 0.0997. The second kappa shape index (κ2) is 6.15. The molecule has 1 heterocycles. The first-order chi connectivity index (χ1) is 10.6. The van der Waals surface area contributed by atoms with E-state index in [4.69, 9.17) is 4.42 Å². The monoisotopic (exact) mass is 359 g/mol. The molecule has 0 fully saturated rings. The van der Waals surface area contributed by atoms with Gasteiger partial charge in [0, 0.05) is 15.7 Å². The average Bonchev–Trinajstić information content (AvgIpc) is 3.00. The molecule has 22 heavy (non-hydrogen) atoms. The van der Waals surface area contributed by atoms with Gasteiger partial charge in [0.1, 0.15) is 11.6 Å². The van der Waals surface area contributed by atoms with Crippen molar-refractivity contribution < 1.29 is 13.6 Å². The zero-order valence-corrected chi connectivity index (χ0v) is 12.9. The Morgan fingerprint density at radius 2 is 1.64 bits per heavy atom. The minimum Gasteiger partial charge on any atom is -0.451 e. The third kappa shape index (κ3) is 3.26. The molecule has 0 saturated heterocycles. The average molecular weight is 360 g/mol. The van der Waals surface area contributed by atoms with Gasteiger partial charge < -0.3 is 9.73 Å².